The van der Waals surface area contributed by atoms with Gasteiger partial charge in [0.25, 0.3) is 17.7 Å². The van der Waals surface area contributed by atoms with Gasteiger partial charge in [-0.15, -0.1) is 10.2 Å². The maximum atomic E-state index is 15.8. The number of piperidine rings is 1. The number of aromatic nitrogens is 3. The molecule has 1 aliphatic carbocycles. The van der Waals surface area contributed by atoms with Gasteiger partial charge in [-0.05, 0) is 68.4 Å². The van der Waals surface area contributed by atoms with Crippen LogP contribution in [0.15, 0.2) is 30.3 Å². The number of amides is 7. The quantitative estimate of drug-likeness (QED) is 0.251. The van der Waals surface area contributed by atoms with Crippen molar-refractivity contribution < 1.29 is 37.5 Å². The van der Waals surface area contributed by atoms with Crippen LogP contribution in [-0.2, 0) is 9.59 Å². The summed E-state index contributed by atoms with van der Waals surface area (Å²) in [6.07, 6.45) is 4.09. The maximum absolute atomic E-state index is 15.8. The van der Waals surface area contributed by atoms with Crippen LogP contribution in [0.2, 0.25) is 0 Å². The minimum atomic E-state index is -1.14. The van der Waals surface area contributed by atoms with E-state index in [-0.39, 0.29) is 64.8 Å². The zero-order chi connectivity index (χ0) is 43.4. The minimum Gasteiger partial charge on any atom is -0.371 e. The number of likely N-dealkylation sites (N-methyl/N-ethyl adjacent to an activating group) is 1. The molecule has 7 amide bonds. The molecule has 0 spiro atoms. The van der Waals surface area contributed by atoms with Gasteiger partial charge in [0, 0.05) is 90.0 Å². The molecule has 20 heteroatoms. The third-order valence-corrected chi connectivity index (χ3v) is 13.3. The molecule has 326 valence electrons. The normalized spacial score (nSPS) is 24.6. The Bertz CT molecular complexity index is 2360. The second kappa shape index (κ2) is 16.5. The van der Waals surface area contributed by atoms with Gasteiger partial charge in [0.15, 0.2) is 29.0 Å². The van der Waals surface area contributed by atoms with E-state index in [0.29, 0.717) is 57.4 Å². The van der Waals surface area contributed by atoms with Crippen LogP contribution < -0.4 is 26.2 Å². The molecular weight excluding hydrogens is 807 g/mol. The maximum Gasteiger partial charge on any atom is 0.320 e. The molecule has 2 aromatic carbocycles. The first-order valence-electron chi connectivity index (χ1n) is 21.2. The Morgan fingerprint density at radius 2 is 1.66 bits per heavy atom. The van der Waals surface area contributed by atoms with Crippen molar-refractivity contribution in [2.75, 3.05) is 81.1 Å². The van der Waals surface area contributed by atoms with Crippen LogP contribution in [0.4, 0.5) is 36.5 Å². The summed E-state index contributed by atoms with van der Waals surface area (Å²) in [5.41, 5.74) is 6.45. The van der Waals surface area contributed by atoms with E-state index in [0.717, 1.165) is 55.9 Å². The van der Waals surface area contributed by atoms with Crippen LogP contribution in [0.1, 0.15) is 87.9 Å². The smallest absolute Gasteiger partial charge is 0.320 e. The topological polar surface area (TPSA) is 211 Å². The summed E-state index contributed by atoms with van der Waals surface area (Å²) in [6, 6.07) is 7.02. The summed E-state index contributed by atoms with van der Waals surface area (Å²) in [6.45, 7) is 5.77. The third-order valence-electron chi connectivity index (χ3n) is 13.3. The van der Waals surface area contributed by atoms with Gasteiger partial charge in [0.2, 0.25) is 11.8 Å². The molecule has 6 aliphatic rings. The number of carbonyl (C=O) groups is 6. The largest absolute Gasteiger partial charge is 0.371 e. The molecule has 3 unspecified atom stereocenters. The number of piperazine rings is 1. The van der Waals surface area contributed by atoms with E-state index in [9.17, 15) is 28.8 Å². The Hall–Kier alpha value is -6.31. The second-order valence-electron chi connectivity index (χ2n) is 17.1. The highest BCUT2D eigenvalue weighted by molar-refractivity contribution is 6.23. The van der Waals surface area contributed by atoms with Gasteiger partial charge in [-0.1, -0.05) is 6.42 Å². The highest BCUT2D eigenvalue weighted by atomic mass is 19.2. The van der Waals surface area contributed by atoms with Gasteiger partial charge in [-0.25, -0.2) is 18.6 Å². The zero-order valence-corrected chi connectivity index (χ0v) is 34.3. The van der Waals surface area contributed by atoms with Gasteiger partial charge in [-0.2, -0.15) is 0 Å². The number of primary amides is 1. The van der Waals surface area contributed by atoms with Crippen LogP contribution in [-0.4, -0.2) is 148 Å². The number of halogens is 2. The Kier molecular flexibility index (Phi) is 10.9. The van der Waals surface area contributed by atoms with Crippen molar-refractivity contribution in [3.05, 3.63) is 64.6 Å². The summed E-state index contributed by atoms with van der Waals surface area (Å²) < 4.78 is 31.6. The number of nitrogens with one attached hydrogen (secondary N) is 2. The average Bonchev–Trinajstić information content (AvgIpc) is 3.94. The highest BCUT2D eigenvalue weighted by Gasteiger charge is 2.45. The van der Waals surface area contributed by atoms with E-state index in [4.69, 9.17) is 5.73 Å². The molecule has 6 heterocycles. The SMILES string of the molecule is CN1CCN([C@@H]2CCCC(c3nnc(C(N)=O)c(Nc4ccc(N5CCN(CC6CCN(c7ccc8c(c7)C(=O)N(C7CCC(=O)NC7=O)C8=O)C6)CC5)c(F)c4F)n3)C2)C1=O. The average molecular weight is 855 g/mol. The number of urea groups is 1. The summed E-state index contributed by atoms with van der Waals surface area (Å²) in [5.74, 6) is -4.90. The number of benzene rings is 2. The summed E-state index contributed by atoms with van der Waals surface area (Å²) in [5, 5.41) is 13.2. The summed E-state index contributed by atoms with van der Waals surface area (Å²) in [7, 11) is 1.78. The molecule has 1 aromatic heterocycles. The molecule has 0 bridgehead atoms. The van der Waals surface area contributed by atoms with Crippen molar-refractivity contribution in [3.8, 4) is 0 Å². The number of fused-ring (bicyclic) bond motifs is 1. The monoisotopic (exact) mass is 854 g/mol. The molecule has 5 aliphatic heterocycles. The van der Waals surface area contributed by atoms with Gasteiger partial charge >= 0.3 is 6.03 Å². The number of hydrogen-bond donors (Lipinski definition) is 3. The van der Waals surface area contributed by atoms with Gasteiger partial charge in [0.1, 0.15) is 6.04 Å². The van der Waals surface area contributed by atoms with E-state index in [1.807, 2.05) is 15.9 Å². The lowest BCUT2D eigenvalue weighted by atomic mass is 9.84. The molecular formula is C42H48F2N12O6. The lowest BCUT2D eigenvalue weighted by Gasteiger charge is -2.37. The highest BCUT2D eigenvalue weighted by Crippen LogP contribution is 2.37. The first-order valence-corrected chi connectivity index (χ1v) is 21.2. The Morgan fingerprint density at radius 3 is 2.40 bits per heavy atom. The van der Waals surface area contributed by atoms with Crippen molar-refractivity contribution in [2.45, 2.75) is 62.9 Å². The second-order valence-corrected chi connectivity index (χ2v) is 17.1. The van der Waals surface area contributed by atoms with Crippen molar-refractivity contribution >= 4 is 58.4 Å². The predicted octanol–water partition coefficient (Wildman–Crippen LogP) is 2.44. The molecule has 9 rings (SSSR count). The molecule has 18 nitrogen and oxygen atoms in total. The number of carbonyl (C=O) groups excluding carboxylic acids is 6. The van der Waals surface area contributed by atoms with Crippen molar-refractivity contribution in [2.24, 2.45) is 11.7 Å². The standard InChI is InChI=1S/C42H48F2N12O6/c1-51-13-18-55(42(51)62)26-4-2-3-24(19-26)37-48-38(35(36(45)58)49-50-37)46-29-7-8-30(34(44)33(29)43)53-16-14-52(15-17-53)21-23-11-12-54(22-23)25-5-6-27-28(20-25)41(61)56(40(27)60)31-9-10-32(57)47-39(31)59/h5-8,20,23-24,26,31H,2-4,9-19,21-22H2,1H3,(H2,45,58)(H,46,48,50)(H,47,57,59)/t23?,24?,26-,31?/m1/s1. The molecule has 0 radical (unpaired) electrons. The Balaban J connectivity index is 0.801. The number of anilines is 4. The fraction of sp³-hybridized carbons (Fsp3) is 0.500. The molecule has 1 saturated carbocycles. The lowest BCUT2D eigenvalue weighted by Crippen LogP contribution is -2.54. The lowest BCUT2D eigenvalue weighted by molar-refractivity contribution is -0.136. The van der Waals surface area contributed by atoms with Crippen LogP contribution in [0.5, 0.6) is 0 Å². The van der Waals surface area contributed by atoms with Crippen molar-refractivity contribution in [1.29, 1.82) is 0 Å². The van der Waals surface area contributed by atoms with Gasteiger partial charge in [0.05, 0.1) is 22.5 Å². The van der Waals surface area contributed by atoms with E-state index in [2.05, 4.69) is 35.6 Å². The number of nitrogens with two attached hydrogens (primary N) is 1. The molecule has 4 saturated heterocycles. The Labute approximate surface area is 355 Å². The van der Waals surface area contributed by atoms with Gasteiger partial charge < -0.3 is 30.7 Å². The minimum absolute atomic E-state index is 0.00485. The number of imide groups is 2. The summed E-state index contributed by atoms with van der Waals surface area (Å²) in [4.78, 5) is 91.0. The first-order chi connectivity index (χ1) is 29.8. The van der Waals surface area contributed by atoms with Crippen LogP contribution in [0.25, 0.3) is 0 Å². The van der Waals surface area contributed by atoms with Gasteiger partial charge in [-0.3, -0.25) is 39.1 Å². The van der Waals surface area contributed by atoms with E-state index in [1.165, 1.54) is 12.1 Å². The first kappa shape index (κ1) is 41.1. The van der Waals surface area contributed by atoms with E-state index >= 15 is 8.78 Å². The molecule has 4 atom stereocenters. The van der Waals surface area contributed by atoms with Crippen LogP contribution in [0.3, 0.4) is 0 Å². The van der Waals surface area contributed by atoms with Crippen molar-refractivity contribution in [1.82, 2.24) is 40.1 Å². The van der Waals surface area contributed by atoms with Crippen LogP contribution in [0, 0.1) is 17.6 Å². The molecule has 3 aromatic rings. The van der Waals surface area contributed by atoms with E-state index < -0.39 is 47.2 Å². The molecule has 4 N–H and O–H groups in total. The number of hydrogen-bond acceptors (Lipinski definition) is 13. The summed E-state index contributed by atoms with van der Waals surface area (Å²) >= 11 is 0. The third kappa shape index (κ3) is 7.64. The Morgan fingerprint density at radius 1 is 0.871 bits per heavy atom. The fourth-order valence-corrected chi connectivity index (χ4v) is 9.87. The van der Waals surface area contributed by atoms with E-state index in [1.54, 1.807) is 24.1 Å². The number of rotatable bonds is 10. The predicted molar refractivity (Wildman–Crippen MR) is 220 cm³/mol. The fourth-order valence-electron chi connectivity index (χ4n) is 9.87. The number of nitrogens with zero attached hydrogens (tertiary/aromatic N) is 9. The molecule has 62 heavy (non-hydrogen) atoms. The zero-order valence-electron chi connectivity index (χ0n) is 34.3. The van der Waals surface area contributed by atoms with Crippen LogP contribution >= 0.6 is 0 Å². The molecule has 5 fully saturated rings. The van der Waals surface area contributed by atoms with Crippen molar-refractivity contribution in [3.63, 3.8) is 0 Å².